The second-order valence-corrected chi connectivity index (χ2v) is 15.2. The average Bonchev–Trinajstić information content (AvgIpc) is 3.24. The highest BCUT2D eigenvalue weighted by Crippen LogP contribution is 2.39. The number of nitrogens with one attached hydrogen (secondary N) is 1. The number of benzene rings is 3. The van der Waals surface area contributed by atoms with E-state index in [2.05, 4.69) is 37.1 Å². The molecule has 2 aliphatic heterocycles. The van der Waals surface area contributed by atoms with Crippen LogP contribution in [0.15, 0.2) is 63.8 Å². The van der Waals surface area contributed by atoms with E-state index in [1.807, 2.05) is 90.1 Å². The van der Waals surface area contributed by atoms with Crippen molar-refractivity contribution in [2.45, 2.75) is 92.4 Å². The van der Waals surface area contributed by atoms with E-state index in [1.54, 1.807) is 0 Å². The summed E-state index contributed by atoms with van der Waals surface area (Å²) in [6, 6.07) is 17.7. The first-order chi connectivity index (χ1) is 22.1. The molecular formula is C39H47BN2O5. The monoisotopic (exact) mass is 634 g/mol. The summed E-state index contributed by atoms with van der Waals surface area (Å²) in [5.74, 6) is 0.680. The number of piperidine rings is 1. The van der Waals surface area contributed by atoms with Gasteiger partial charge >= 0.3 is 7.12 Å². The van der Waals surface area contributed by atoms with Crippen molar-refractivity contribution in [3.05, 3.63) is 87.1 Å². The lowest BCUT2D eigenvalue weighted by molar-refractivity contribution is 0.00578. The van der Waals surface area contributed by atoms with Crippen LogP contribution in [0.5, 0.6) is 0 Å². The molecule has 47 heavy (non-hydrogen) atoms. The van der Waals surface area contributed by atoms with Crippen LogP contribution in [0.4, 0.5) is 11.6 Å². The van der Waals surface area contributed by atoms with E-state index in [0.29, 0.717) is 33.4 Å². The number of hydrogen-bond donors (Lipinski definition) is 1. The minimum Gasteiger partial charge on any atom is -0.440 e. The molecular weight excluding hydrogens is 587 g/mol. The van der Waals surface area contributed by atoms with Crippen LogP contribution in [0.3, 0.4) is 0 Å². The second kappa shape index (κ2) is 12.0. The maximum Gasteiger partial charge on any atom is 0.495 e. The largest absolute Gasteiger partial charge is 0.495 e. The molecule has 246 valence electrons. The van der Waals surface area contributed by atoms with Crippen LogP contribution in [-0.4, -0.2) is 37.7 Å². The Morgan fingerprint density at radius 2 is 1.57 bits per heavy atom. The van der Waals surface area contributed by atoms with Crippen LogP contribution in [0.1, 0.15) is 94.4 Å². The molecule has 0 amide bonds. The Balaban J connectivity index is 1.34. The number of rotatable bonds is 7. The molecule has 3 heterocycles. The molecule has 0 unspecified atom stereocenters. The number of carbonyl (C=O) groups excluding carboxylic acids is 1. The average molecular weight is 635 g/mol. The second-order valence-electron chi connectivity index (χ2n) is 15.2. The molecule has 0 saturated carbocycles. The van der Waals surface area contributed by atoms with Gasteiger partial charge in [0.25, 0.3) is 0 Å². The van der Waals surface area contributed by atoms with Crippen molar-refractivity contribution < 1.29 is 18.5 Å². The van der Waals surface area contributed by atoms with E-state index in [1.165, 1.54) is 0 Å². The van der Waals surface area contributed by atoms with Crippen molar-refractivity contribution in [1.82, 2.24) is 0 Å². The third kappa shape index (κ3) is 6.14. The maximum absolute atomic E-state index is 13.7. The zero-order valence-electron chi connectivity index (χ0n) is 29.2. The lowest BCUT2D eigenvalue weighted by Gasteiger charge is -2.37. The Bertz CT molecular complexity index is 1880. The minimum absolute atomic E-state index is 0.0205. The summed E-state index contributed by atoms with van der Waals surface area (Å²) in [6.45, 7) is 20.3. The number of aryl methyl sites for hydroxylation is 1. The van der Waals surface area contributed by atoms with E-state index in [4.69, 9.17) is 13.7 Å². The van der Waals surface area contributed by atoms with Crippen LogP contribution in [0.2, 0.25) is 0 Å². The van der Waals surface area contributed by atoms with Gasteiger partial charge in [-0.15, -0.1) is 0 Å². The molecule has 1 aromatic heterocycles. The fourth-order valence-corrected chi connectivity index (χ4v) is 6.70. The molecule has 1 N–H and O–H groups in total. The highest BCUT2D eigenvalue weighted by Gasteiger charge is 2.52. The topological polar surface area (TPSA) is 81.0 Å². The van der Waals surface area contributed by atoms with Crippen LogP contribution in [-0.2, 0) is 9.31 Å². The van der Waals surface area contributed by atoms with E-state index >= 15 is 0 Å². The first-order valence-electron chi connectivity index (χ1n) is 16.7. The van der Waals surface area contributed by atoms with Gasteiger partial charge in [0.05, 0.1) is 28.2 Å². The Kier molecular flexibility index (Phi) is 8.42. The normalized spacial score (nSPS) is 19.2. The molecule has 2 fully saturated rings. The Hall–Kier alpha value is -3.88. The van der Waals surface area contributed by atoms with Crippen molar-refractivity contribution in [3.8, 4) is 11.1 Å². The van der Waals surface area contributed by atoms with Crippen molar-refractivity contribution >= 4 is 41.4 Å². The van der Waals surface area contributed by atoms with Gasteiger partial charge in [0.1, 0.15) is 11.9 Å². The van der Waals surface area contributed by atoms with Gasteiger partial charge in [-0.2, -0.15) is 0 Å². The van der Waals surface area contributed by atoms with Crippen molar-refractivity contribution in [1.29, 1.82) is 0 Å². The van der Waals surface area contributed by atoms with Gasteiger partial charge in [0, 0.05) is 35.5 Å². The van der Waals surface area contributed by atoms with Crippen LogP contribution in [0.25, 0.3) is 22.1 Å². The predicted octanol–water partition coefficient (Wildman–Crippen LogP) is 7.99. The van der Waals surface area contributed by atoms with Crippen LogP contribution >= 0.6 is 0 Å². The van der Waals surface area contributed by atoms with Crippen molar-refractivity contribution in [2.75, 3.05) is 23.3 Å². The van der Waals surface area contributed by atoms with E-state index in [-0.39, 0.29) is 16.9 Å². The summed E-state index contributed by atoms with van der Waals surface area (Å²) in [4.78, 5) is 28.3. The quantitative estimate of drug-likeness (QED) is 0.163. The molecule has 0 radical (unpaired) electrons. The van der Waals surface area contributed by atoms with Gasteiger partial charge in [0.2, 0.25) is 5.88 Å². The van der Waals surface area contributed by atoms with Gasteiger partial charge in [-0.1, -0.05) is 50.2 Å². The molecule has 4 aromatic rings. The Morgan fingerprint density at radius 1 is 0.915 bits per heavy atom. The van der Waals surface area contributed by atoms with Gasteiger partial charge in [-0.25, -0.2) is 0 Å². The molecule has 2 saturated heterocycles. The van der Waals surface area contributed by atoms with Gasteiger partial charge < -0.3 is 23.9 Å². The molecule has 0 bridgehead atoms. The summed E-state index contributed by atoms with van der Waals surface area (Å²) in [5, 5.41) is 4.31. The third-order valence-corrected chi connectivity index (χ3v) is 10.6. The molecule has 0 aliphatic carbocycles. The fourth-order valence-electron chi connectivity index (χ4n) is 6.70. The van der Waals surface area contributed by atoms with Gasteiger partial charge in [0.15, 0.2) is 5.43 Å². The number of nitrogens with zero attached hydrogens (tertiary/aromatic N) is 1. The zero-order chi connectivity index (χ0) is 33.9. The predicted molar refractivity (Wildman–Crippen MR) is 192 cm³/mol. The molecule has 0 spiro atoms. The number of para-hydroxylation sites is 1. The summed E-state index contributed by atoms with van der Waals surface area (Å²) < 4.78 is 19.2. The van der Waals surface area contributed by atoms with Crippen LogP contribution < -0.4 is 21.1 Å². The van der Waals surface area contributed by atoms with Gasteiger partial charge in [-0.05, 0) is 102 Å². The highest BCUT2D eigenvalue weighted by atomic mass is 16.7. The highest BCUT2D eigenvalue weighted by molar-refractivity contribution is 6.63. The molecule has 6 rings (SSSR count). The lowest BCUT2D eigenvalue weighted by atomic mass is 9.75. The molecule has 1 atom stereocenters. The minimum atomic E-state index is -0.628. The number of hydrogen-bond acceptors (Lipinski definition) is 7. The van der Waals surface area contributed by atoms with E-state index in [0.717, 1.165) is 60.2 Å². The van der Waals surface area contributed by atoms with Crippen molar-refractivity contribution in [3.63, 3.8) is 0 Å². The third-order valence-electron chi connectivity index (χ3n) is 10.6. The first-order valence-corrected chi connectivity index (χ1v) is 16.7. The Morgan fingerprint density at radius 3 is 2.23 bits per heavy atom. The van der Waals surface area contributed by atoms with Crippen molar-refractivity contribution in [2.24, 2.45) is 5.41 Å². The number of anilines is 2. The molecule has 2 aliphatic rings. The fraction of sp³-hybridized carbons (Fsp3) is 0.436. The summed E-state index contributed by atoms with van der Waals surface area (Å²) in [7, 11) is -0.628. The summed E-state index contributed by atoms with van der Waals surface area (Å²) in [6.07, 6.45) is 2.96. The zero-order valence-corrected chi connectivity index (χ0v) is 29.2. The number of aldehydes is 1. The summed E-state index contributed by atoms with van der Waals surface area (Å²) >= 11 is 0. The standard InChI is InChI=1S/C39H47BN2O5/c1-24-20-30(35-31(21-24)34(44)25(2)36(45-35)42-18-16-37(4,5)17-19-42)26(3)41-33-13-11-10-12-29(33)27-14-15-32(28(22-27)23-43)40-46-38(6,7)39(8,9)47-40/h10-15,20-23,26,41H,16-19H2,1-9H3/t26-/m1/s1. The SMILES string of the molecule is Cc1cc([C@@H](C)Nc2ccccc2-c2ccc(B3OC(C)(C)C(C)(C)O3)c(C=O)c2)c2oc(N3CCC(C)(C)CC3)c(C)c(=O)c2c1. The molecule has 3 aromatic carbocycles. The molecule has 8 heteroatoms. The van der Waals surface area contributed by atoms with E-state index in [9.17, 15) is 9.59 Å². The lowest BCUT2D eigenvalue weighted by Crippen LogP contribution is -2.41. The van der Waals surface area contributed by atoms with Gasteiger partial charge in [-0.3, -0.25) is 9.59 Å². The molecule has 7 nitrogen and oxygen atoms in total. The first kappa shape index (κ1) is 33.0. The number of fused-ring (bicyclic) bond motifs is 1. The summed E-state index contributed by atoms with van der Waals surface area (Å²) in [5.41, 5.74) is 6.50. The van der Waals surface area contributed by atoms with E-state index < -0.39 is 18.3 Å². The Labute approximate surface area is 278 Å². The van der Waals surface area contributed by atoms with Crippen LogP contribution in [0, 0.1) is 19.3 Å². The smallest absolute Gasteiger partial charge is 0.440 e. The maximum atomic E-state index is 13.7. The number of carbonyl (C=O) groups is 1.